The monoisotopic (exact) mass is 326 g/mol. The Bertz CT molecular complexity index is 914. The van der Waals surface area contributed by atoms with Crippen molar-refractivity contribution in [3.63, 3.8) is 0 Å². The summed E-state index contributed by atoms with van der Waals surface area (Å²) in [5.74, 6) is 1.07. The number of hydrogen-bond donors (Lipinski definition) is 1. The number of primary amides is 1. The number of amides is 1. The van der Waals surface area contributed by atoms with Crippen LogP contribution in [-0.4, -0.2) is 40.2 Å². The van der Waals surface area contributed by atoms with Crippen LogP contribution >= 0.6 is 0 Å². The molecule has 0 radical (unpaired) electrons. The number of rotatable bonds is 5. The van der Waals surface area contributed by atoms with Crippen LogP contribution < -0.4 is 5.73 Å². The van der Waals surface area contributed by atoms with Crippen LogP contribution in [0.25, 0.3) is 17.2 Å². The van der Waals surface area contributed by atoms with E-state index in [1.165, 1.54) is 18.5 Å². The fraction of sp³-hybridized carbons (Fsp3) is 0.400. The first-order valence-electron chi connectivity index (χ1n) is 7.79. The van der Waals surface area contributed by atoms with Gasteiger partial charge in [-0.2, -0.15) is 10.2 Å². The lowest BCUT2D eigenvalue weighted by Crippen LogP contribution is -2.14. The van der Waals surface area contributed by atoms with Crippen LogP contribution in [-0.2, 0) is 25.3 Å². The van der Waals surface area contributed by atoms with Crippen molar-refractivity contribution in [2.24, 2.45) is 19.8 Å². The fourth-order valence-electron chi connectivity index (χ4n) is 2.80. The van der Waals surface area contributed by atoms with Gasteiger partial charge in [0.25, 0.3) is 0 Å². The van der Waals surface area contributed by atoms with E-state index in [9.17, 15) is 4.79 Å². The molecular formula is C15H18N8O. The molecule has 0 bridgehead atoms. The molecule has 0 spiro atoms. The highest BCUT2D eigenvalue weighted by molar-refractivity contribution is 5.75. The largest absolute Gasteiger partial charge is 0.369 e. The van der Waals surface area contributed by atoms with Crippen molar-refractivity contribution >= 4 is 5.91 Å². The van der Waals surface area contributed by atoms with E-state index in [-0.39, 0.29) is 6.42 Å². The predicted octanol–water partition coefficient (Wildman–Crippen LogP) is 0.306. The van der Waals surface area contributed by atoms with Crippen LogP contribution in [0.15, 0.2) is 18.5 Å². The molecule has 0 unspecified atom stereocenters. The zero-order valence-corrected chi connectivity index (χ0v) is 13.5. The van der Waals surface area contributed by atoms with E-state index in [0.717, 1.165) is 11.4 Å². The van der Waals surface area contributed by atoms with Gasteiger partial charge in [0, 0.05) is 25.7 Å². The molecule has 1 fully saturated rings. The number of carbonyl (C=O) groups excluding carboxylic acids is 1. The normalized spacial score (nSPS) is 14.2. The quantitative estimate of drug-likeness (QED) is 0.725. The second-order valence-corrected chi connectivity index (χ2v) is 6.13. The summed E-state index contributed by atoms with van der Waals surface area (Å²) in [4.78, 5) is 15.7. The highest BCUT2D eigenvalue weighted by Gasteiger charge is 2.28. The molecule has 1 amide bonds. The molecule has 9 nitrogen and oxygen atoms in total. The highest BCUT2D eigenvalue weighted by atomic mass is 16.1. The van der Waals surface area contributed by atoms with Crippen molar-refractivity contribution < 1.29 is 4.79 Å². The van der Waals surface area contributed by atoms with Gasteiger partial charge >= 0.3 is 0 Å². The van der Waals surface area contributed by atoms with E-state index >= 15 is 0 Å². The van der Waals surface area contributed by atoms with Crippen molar-refractivity contribution in [2.75, 3.05) is 0 Å². The van der Waals surface area contributed by atoms with Crippen molar-refractivity contribution in [1.82, 2.24) is 34.3 Å². The summed E-state index contributed by atoms with van der Waals surface area (Å²) in [5.41, 5.74) is 7.96. The summed E-state index contributed by atoms with van der Waals surface area (Å²) in [7, 11) is 3.77. The Balaban J connectivity index is 1.81. The van der Waals surface area contributed by atoms with Crippen LogP contribution in [0.4, 0.5) is 0 Å². The van der Waals surface area contributed by atoms with Gasteiger partial charge in [-0.3, -0.25) is 14.2 Å². The lowest BCUT2D eigenvalue weighted by atomic mass is 10.2. The molecule has 1 aliphatic carbocycles. The Morgan fingerprint density at radius 3 is 2.75 bits per heavy atom. The maximum absolute atomic E-state index is 11.2. The molecule has 0 aliphatic heterocycles. The van der Waals surface area contributed by atoms with Gasteiger partial charge in [0.05, 0.1) is 18.8 Å². The Kier molecular flexibility index (Phi) is 3.22. The van der Waals surface area contributed by atoms with Crippen LogP contribution in [0.2, 0.25) is 0 Å². The van der Waals surface area contributed by atoms with Crippen LogP contribution in [0, 0.1) is 0 Å². The van der Waals surface area contributed by atoms with E-state index < -0.39 is 5.91 Å². The van der Waals surface area contributed by atoms with Gasteiger partial charge < -0.3 is 5.73 Å². The molecule has 3 heterocycles. The predicted molar refractivity (Wildman–Crippen MR) is 85.2 cm³/mol. The minimum atomic E-state index is -0.468. The molecule has 3 aromatic heterocycles. The number of carbonyl (C=O) groups is 1. The number of nitrogens with two attached hydrogens (primary N) is 1. The van der Waals surface area contributed by atoms with Crippen LogP contribution in [0.3, 0.4) is 0 Å². The fourth-order valence-corrected chi connectivity index (χ4v) is 2.80. The number of aryl methyl sites for hydroxylation is 2. The third-order valence-corrected chi connectivity index (χ3v) is 4.06. The Hall–Kier alpha value is -2.97. The van der Waals surface area contributed by atoms with E-state index in [2.05, 4.69) is 20.3 Å². The average molecular weight is 326 g/mol. The van der Waals surface area contributed by atoms with Gasteiger partial charge in [0.1, 0.15) is 11.4 Å². The Morgan fingerprint density at radius 2 is 2.12 bits per heavy atom. The summed E-state index contributed by atoms with van der Waals surface area (Å²) in [5, 5.41) is 13.2. The number of nitrogens with zero attached hydrogens (tertiary/aromatic N) is 7. The zero-order chi connectivity index (χ0) is 16.8. The van der Waals surface area contributed by atoms with E-state index in [1.807, 2.05) is 31.0 Å². The van der Waals surface area contributed by atoms with Crippen LogP contribution in [0.5, 0.6) is 0 Å². The third-order valence-electron chi connectivity index (χ3n) is 4.06. The second kappa shape index (κ2) is 5.29. The number of hydrogen-bond acceptors (Lipinski definition) is 5. The smallest absolute Gasteiger partial charge is 0.225 e. The minimum Gasteiger partial charge on any atom is -0.369 e. The number of aromatic nitrogens is 7. The standard InChI is InChI=1S/C15H18N8O/c1-21-8-10(7-17-21)23-15(18-14(20-23)6-13(16)24)11-5-12(9-3-4-9)22(2)19-11/h5,7-9H,3-4,6H2,1-2H3,(H2,16,24). The third kappa shape index (κ3) is 2.57. The molecular weight excluding hydrogens is 308 g/mol. The maximum atomic E-state index is 11.2. The van der Waals surface area contributed by atoms with Gasteiger partial charge in [-0.1, -0.05) is 0 Å². The summed E-state index contributed by atoms with van der Waals surface area (Å²) < 4.78 is 5.23. The molecule has 3 aromatic rings. The van der Waals surface area contributed by atoms with Crippen molar-refractivity contribution in [3.05, 3.63) is 30.0 Å². The van der Waals surface area contributed by atoms with Gasteiger partial charge in [-0.15, -0.1) is 5.10 Å². The van der Waals surface area contributed by atoms with E-state index in [1.54, 1.807) is 15.6 Å². The lowest BCUT2D eigenvalue weighted by molar-refractivity contribution is -0.117. The Labute approximate surface area is 138 Å². The molecule has 1 aliphatic rings. The van der Waals surface area contributed by atoms with E-state index in [0.29, 0.717) is 17.6 Å². The van der Waals surface area contributed by atoms with E-state index in [4.69, 9.17) is 5.73 Å². The van der Waals surface area contributed by atoms with Gasteiger partial charge in [-0.05, 0) is 18.9 Å². The molecule has 2 N–H and O–H groups in total. The summed E-state index contributed by atoms with van der Waals surface area (Å²) in [6.07, 6.45) is 5.90. The molecule has 1 saturated carbocycles. The van der Waals surface area contributed by atoms with Gasteiger partial charge in [-0.25, -0.2) is 9.67 Å². The molecule has 4 rings (SSSR count). The molecule has 9 heteroatoms. The summed E-state index contributed by atoms with van der Waals surface area (Å²) >= 11 is 0. The SMILES string of the molecule is Cn1cc(-n2nc(CC(N)=O)nc2-c2cc(C3CC3)n(C)n2)cn1. The van der Waals surface area contributed by atoms with Gasteiger partial charge in [0.15, 0.2) is 11.6 Å². The molecule has 0 aromatic carbocycles. The summed E-state index contributed by atoms with van der Waals surface area (Å²) in [6.45, 7) is 0. The average Bonchev–Trinajstić information content (AvgIpc) is 2.94. The maximum Gasteiger partial charge on any atom is 0.225 e. The van der Waals surface area contributed by atoms with Crippen molar-refractivity contribution in [3.8, 4) is 17.2 Å². The lowest BCUT2D eigenvalue weighted by Gasteiger charge is -1.99. The highest BCUT2D eigenvalue weighted by Crippen LogP contribution is 2.40. The van der Waals surface area contributed by atoms with Crippen molar-refractivity contribution in [1.29, 1.82) is 0 Å². The molecule has 124 valence electrons. The van der Waals surface area contributed by atoms with Crippen LogP contribution in [0.1, 0.15) is 30.3 Å². The summed E-state index contributed by atoms with van der Waals surface area (Å²) in [6, 6.07) is 2.04. The minimum absolute atomic E-state index is 0.0113. The first-order valence-corrected chi connectivity index (χ1v) is 7.79. The molecule has 24 heavy (non-hydrogen) atoms. The van der Waals surface area contributed by atoms with Crippen molar-refractivity contribution in [2.45, 2.75) is 25.2 Å². The second-order valence-electron chi connectivity index (χ2n) is 6.13. The first kappa shape index (κ1) is 14.6. The Morgan fingerprint density at radius 1 is 1.33 bits per heavy atom. The molecule has 0 atom stereocenters. The topological polar surface area (TPSA) is 109 Å². The van der Waals surface area contributed by atoms with Gasteiger partial charge in [0.2, 0.25) is 5.91 Å². The molecule has 0 saturated heterocycles. The first-order chi connectivity index (χ1) is 11.5. The zero-order valence-electron chi connectivity index (χ0n) is 13.5.